The summed E-state index contributed by atoms with van der Waals surface area (Å²) in [5.41, 5.74) is 5.88. The first kappa shape index (κ1) is 10.9. The Morgan fingerprint density at radius 1 is 1.39 bits per heavy atom. The summed E-state index contributed by atoms with van der Waals surface area (Å²) in [6, 6.07) is 10.5. The molecule has 1 aliphatic rings. The maximum atomic E-state index is 5.46. The summed E-state index contributed by atoms with van der Waals surface area (Å²) < 4.78 is 0. The average molecular weight is 234 g/mol. The lowest BCUT2D eigenvalue weighted by molar-refractivity contribution is 0.858. The van der Waals surface area contributed by atoms with Gasteiger partial charge in [-0.2, -0.15) is 0 Å². The summed E-state index contributed by atoms with van der Waals surface area (Å²) in [7, 11) is 0. The molecule has 2 nitrogen and oxygen atoms in total. The van der Waals surface area contributed by atoms with Crippen molar-refractivity contribution in [3.63, 3.8) is 0 Å². The van der Waals surface area contributed by atoms with Gasteiger partial charge in [0.05, 0.1) is 12.2 Å². The van der Waals surface area contributed by atoms with E-state index in [1.165, 1.54) is 22.4 Å². The third kappa shape index (κ3) is 1.65. The van der Waals surface area contributed by atoms with Crippen molar-refractivity contribution in [3.8, 4) is 23.6 Å². The Kier molecular flexibility index (Phi) is 2.53. The van der Waals surface area contributed by atoms with Crippen molar-refractivity contribution in [2.24, 2.45) is 0 Å². The van der Waals surface area contributed by atoms with Gasteiger partial charge in [0.2, 0.25) is 0 Å². The summed E-state index contributed by atoms with van der Waals surface area (Å²) in [4.78, 5) is 6.80. The van der Waals surface area contributed by atoms with Crippen molar-refractivity contribution >= 4 is 5.69 Å². The minimum Gasteiger partial charge on any atom is -0.355 e. The number of benzene rings is 1. The fourth-order valence-corrected chi connectivity index (χ4v) is 2.48. The largest absolute Gasteiger partial charge is 0.355 e. The highest BCUT2D eigenvalue weighted by atomic mass is 15.1. The van der Waals surface area contributed by atoms with Crippen LogP contribution in [0.3, 0.4) is 0 Å². The molecule has 18 heavy (non-hydrogen) atoms. The molecular weight excluding hydrogens is 220 g/mol. The first-order valence-electron chi connectivity index (χ1n) is 6.03. The third-order valence-electron chi connectivity index (χ3n) is 3.25. The maximum Gasteiger partial charge on any atom is 0.0795 e. The molecule has 0 saturated carbocycles. The first-order chi connectivity index (χ1) is 8.79. The third-order valence-corrected chi connectivity index (χ3v) is 3.25. The normalized spacial score (nSPS) is 12.6. The van der Waals surface area contributed by atoms with E-state index in [2.05, 4.69) is 40.9 Å². The van der Waals surface area contributed by atoms with Crippen LogP contribution in [-0.4, -0.2) is 11.5 Å². The van der Waals surface area contributed by atoms with Crippen LogP contribution >= 0.6 is 0 Å². The summed E-state index contributed by atoms with van der Waals surface area (Å²) >= 11 is 0. The van der Waals surface area contributed by atoms with Gasteiger partial charge in [-0.3, -0.25) is 4.98 Å². The Labute approximate surface area is 107 Å². The highest BCUT2D eigenvalue weighted by Crippen LogP contribution is 2.37. The van der Waals surface area contributed by atoms with Gasteiger partial charge in [-0.1, -0.05) is 30.2 Å². The zero-order chi connectivity index (χ0) is 12.5. The summed E-state index contributed by atoms with van der Waals surface area (Å²) in [5, 5.41) is 0. The van der Waals surface area contributed by atoms with Crippen molar-refractivity contribution < 1.29 is 0 Å². The molecule has 2 aromatic rings. The van der Waals surface area contributed by atoms with Crippen LogP contribution in [0.25, 0.3) is 11.3 Å². The number of fused-ring (bicyclic) bond motifs is 3. The lowest BCUT2D eigenvalue weighted by Crippen LogP contribution is -2.27. The minimum atomic E-state index is 0.629. The number of nitrogens with zero attached hydrogens (tertiary/aromatic N) is 2. The number of hydrogen-bond acceptors (Lipinski definition) is 2. The van der Waals surface area contributed by atoms with Gasteiger partial charge >= 0.3 is 0 Å². The molecule has 1 aliphatic heterocycles. The quantitative estimate of drug-likeness (QED) is 0.705. The second-order valence-electron chi connectivity index (χ2n) is 4.60. The molecule has 0 radical (unpaired) electrons. The molecule has 0 unspecified atom stereocenters. The fraction of sp³-hybridized carbons (Fsp3) is 0.188. The van der Waals surface area contributed by atoms with E-state index >= 15 is 0 Å². The Bertz CT molecular complexity index is 638. The van der Waals surface area contributed by atoms with Crippen LogP contribution < -0.4 is 4.90 Å². The average Bonchev–Trinajstić information content (AvgIpc) is 2.39. The van der Waals surface area contributed by atoms with Crippen LogP contribution in [0.2, 0.25) is 0 Å². The molecule has 1 aromatic carbocycles. The molecule has 88 valence electrons. The molecule has 0 amide bonds. The minimum absolute atomic E-state index is 0.629. The number of rotatable bonds is 1. The van der Waals surface area contributed by atoms with Crippen LogP contribution in [0.5, 0.6) is 0 Å². The number of para-hydroxylation sites is 1. The number of pyridine rings is 1. The highest BCUT2D eigenvalue weighted by molar-refractivity contribution is 5.81. The number of hydrogen-bond donors (Lipinski definition) is 0. The maximum absolute atomic E-state index is 5.46. The molecule has 3 rings (SSSR count). The van der Waals surface area contributed by atoms with Crippen molar-refractivity contribution in [1.82, 2.24) is 4.98 Å². The van der Waals surface area contributed by atoms with E-state index in [-0.39, 0.29) is 0 Å². The van der Waals surface area contributed by atoms with Crippen molar-refractivity contribution in [3.05, 3.63) is 47.7 Å². The SMILES string of the molecule is C#CCN1Cc2cc(C)cnc2-c2ccccc21. The van der Waals surface area contributed by atoms with E-state index in [0.29, 0.717) is 6.54 Å². The van der Waals surface area contributed by atoms with Gasteiger partial charge in [0, 0.05) is 24.0 Å². The zero-order valence-electron chi connectivity index (χ0n) is 10.4. The molecule has 0 saturated heterocycles. The number of anilines is 1. The van der Waals surface area contributed by atoms with Crippen LogP contribution in [0, 0.1) is 19.3 Å². The van der Waals surface area contributed by atoms with E-state index in [1.807, 2.05) is 18.3 Å². The van der Waals surface area contributed by atoms with E-state index in [0.717, 1.165) is 12.2 Å². The fourth-order valence-electron chi connectivity index (χ4n) is 2.48. The van der Waals surface area contributed by atoms with E-state index in [1.54, 1.807) is 0 Å². The van der Waals surface area contributed by atoms with E-state index < -0.39 is 0 Å². The molecule has 0 atom stereocenters. The molecule has 0 bridgehead atoms. The lowest BCUT2D eigenvalue weighted by atomic mass is 9.97. The standard InChI is InChI=1S/C16H14N2/c1-3-8-18-11-13-9-12(2)10-17-16(13)14-6-4-5-7-15(14)18/h1,4-7,9-10H,8,11H2,2H3. The smallest absolute Gasteiger partial charge is 0.0795 e. The van der Waals surface area contributed by atoms with Crippen LogP contribution in [0.15, 0.2) is 36.5 Å². The Morgan fingerprint density at radius 3 is 3.06 bits per heavy atom. The summed E-state index contributed by atoms with van der Waals surface area (Å²) in [5.74, 6) is 2.73. The molecular formula is C16H14N2. The molecule has 2 heteroatoms. The van der Waals surface area contributed by atoms with E-state index in [4.69, 9.17) is 6.42 Å². The van der Waals surface area contributed by atoms with Gasteiger partial charge in [-0.05, 0) is 24.1 Å². The van der Waals surface area contributed by atoms with Gasteiger partial charge in [-0.15, -0.1) is 6.42 Å². The zero-order valence-corrected chi connectivity index (χ0v) is 10.4. The van der Waals surface area contributed by atoms with Crippen molar-refractivity contribution in [2.75, 3.05) is 11.4 Å². The van der Waals surface area contributed by atoms with Gasteiger partial charge in [0.15, 0.2) is 0 Å². The van der Waals surface area contributed by atoms with Crippen LogP contribution in [0.4, 0.5) is 5.69 Å². The summed E-state index contributed by atoms with van der Waals surface area (Å²) in [6.07, 6.45) is 7.38. The second kappa shape index (κ2) is 4.19. The van der Waals surface area contributed by atoms with Gasteiger partial charge in [0.1, 0.15) is 0 Å². The van der Waals surface area contributed by atoms with Gasteiger partial charge < -0.3 is 4.90 Å². The molecule has 0 fully saturated rings. The van der Waals surface area contributed by atoms with Crippen LogP contribution in [0.1, 0.15) is 11.1 Å². The Hall–Kier alpha value is -2.27. The van der Waals surface area contributed by atoms with Crippen molar-refractivity contribution in [1.29, 1.82) is 0 Å². The predicted octanol–water partition coefficient (Wildman–Crippen LogP) is 3.01. The number of aromatic nitrogens is 1. The molecule has 0 N–H and O–H groups in total. The van der Waals surface area contributed by atoms with Gasteiger partial charge in [0.25, 0.3) is 0 Å². The van der Waals surface area contributed by atoms with Gasteiger partial charge in [-0.25, -0.2) is 0 Å². The summed E-state index contributed by atoms with van der Waals surface area (Å²) in [6.45, 7) is 3.54. The lowest BCUT2D eigenvalue weighted by Gasteiger charge is -2.30. The monoisotopic (exact) mass is 234 g/mol. The topological polar surface area (TPSA) is 16.1 Å². The molecule has 0 aliphatic carbocycles. The number of aryl methyl sites for hydroxylation is 1. The molecule has 1 aromatic heterocycles. The first-order valence-corrected chi connectivity index (χ1v) is 6.03. The predicted molar refractivity (Wildman–Crippen MR) is 74.3 cm³/mol. The Balaban J connectivity index is 2.20. The Morgan fingerprint density at radius 2 is 2.22 bits per heavy atom. The van der Waals surface area contributed by atoms with E-state index in [9.17, 15) is 0 Å². The highest BCUT2D eigenvalue weighted by Gasteiger charge is 2.21. The molecule has 2 heterocycles. The number of terminal acetylenes is 1. The molecule has 0 spiro atoms. The van der Waals surface area contributed by atoms with Crippen molar-refractivity contribution in [2.45, 2.75) is 13.5 Å². The van der Waals surface area contributed by atoms with Crippen LogP contribution in [-0.2, 0) is 6.54 Å². The second-order valence-corrected chi connectivity index (χ2v) is 4.60.